The van der Waals surface area contributed by atoms with E-state index in [0.717, 1.165) is 0 Å². The Hall–Kier alpha value is -3.88. The van der Waals surface area contributed by atoms with Crippen molar-refractivity contribution >= 4 is 39.5 Å². The molecule has 4 aromatic rings. The van der Waals surface area contributed by atoms with Gasteiger partial charge < -0.3 is 19.6 Å². The van der Waals surface area contributed by atoms with Crippen molar-refractivity contribution in [1.29, 1.82) is 0 Å². The summed E-state index contributed by atoms with van der Waals surface area (Å²) in [6.45, 7) is 2.55. The van der Waals surface area contributed by atoms with Crippen LogP contribution in [-0.2, 0) is 16.1 Å². The number of esters is 1. The number of hydrogen-bond acceptors (Lipinski definition) is 8. The molecule has 0 bridgehead atoms. The zero-order valence-electron chi connectivity index (χ0n) is 17.0. The fourth-order valence-corrected chi connectivity index (χ4v) is 3.42. The van der Waals surface area contributed by atoms with E-state index >= 15 is 0 Å². The Balaban J connectivity index is 1.63. The van der Waals surface area contributed by atoms with Crippen LogP contribution in [0, 0.1) is 0 Å². The van der Waals surface area contributed by atoms with Gasteiger partial charge in [-0.2, -0.15) is 0 Å². The van der Waals surface area contributed by atoms with Crippen LogP contribution in [0.5, 0.6) is 5.75 Å². The molecule has 0 fully saturated rings. The van der Waals surface area contributed by atoms with E-state index in [0.29, 0.717) is 65.9 Å². The van der Waals surface area contributed by atoms with Crippen molar-refractivity contribution in [3.05, 3.63) is 53.3 Å². The maximum Gasteiger partial charge on any atom is 0.419 e. The van der Waals surface area contributed by atoms with Gasteiger partial charge in [0.15, 0.2) is 5.58 Å². The SMILES string of the molecule is CCOC(=O)CCCCn1c(=O)oc2cc3ncnc(Nc4cccc(O)c4)c3cc21. The van der Waals surface area contributed by atoms with E-state index in [1.807, 2.05) is 12.1 Å². The zero-order valence-corrected chi connectivity index (χ0v) is 17.0. The number of aromatic hydroxyl groups is 1. The monoisotopic (exact) mass is 422 g/mol. The van der Waals surface area contributed by atoms with Crippen molar-refractivity contribution in [2.75, 3.05) is 11.9 Å². The van der Waals surface area contributed by atoms with E-state index in [4.69, 9.17) is 9.15 Å². The normalized spacial score (nSPS) is 11.1. The average Bonchev–Trinajstić information content (AvgIpc) is 3.04. The van der Waals surface area contributed by atoms with Gasteiger partial charge in [-0.05, 0) is 38.0 Å². The zero-order chi connectivity index (χ0) is 21.8. The summed E-state index contributed by atoms with van der Waals surface area (Å²) in [6, 6.07) is 10.2. The number of nitrogens with one attached hydrogen (secondary N) is 1. The van der Waals surface area contributed by atoms with E-state index in [1.165, 1.54) is 6.33 Å². The molecule has 0 saturated carbocycles. The van der Waals surface area contributed by atoms with Crippen LogP contribution in [0.1, 0.15) is 26.2 Å². The lowest BCUT2D eigenvalue weighted by Gasteiger charge is -2.09. The highest BCUT2D eigenvalue weighted by Crippen LogP contribution is 2.28. The number of phenols is 1. The molecule has 31 heavy (non-hydrogen) atoms. The molecule has 0 spiro atoms. The van der Waals surface area contributed by atoms with Crippen molar-refractivity contribution in [2.24, 2.45) is 0 Å². The van der Waals surface area contributed by atoms with E-state index < -0.39 is 5.76 Å². The Morgan fingerprint density at radius 2 is 2.10 bits per heavy atom. The number of rotatable bonds is 8. The smallest absolute Gasteiger partial charge is 0.419 e. The Bertz CT molecular complexity index is 1290. The molecule has 0 atom stereocenters. The number of unbranched alkanes of at least 4 members (excludes halogenated alkanes) is 1. The minimum Gasteiger partial charge on any atom is -0.508 e. The van der Waals surface area contributed by atoms with Crippen LogP contribution in [0.4, 0.5) is 11.5 Å². The molecule has 2 aromatic heterocycles. The van der Waals surface area contributed by atoms with Gasteiger partial charge in [-0.1, -0.05) is 6.07 Å². The Kier molecular flexibility index (Phi) is 5.83. The topological polar surface area (TPSA) is 119 Å². The molecule has 2 heterocycles. The Morgan fingerprint density at radius 1 is 1.23 bits per heavy atom. The molecule has 0 amide bonds. The maximum absolute atomic E-state index is 12.4. The predicted molar refractivity (Wildman–Crippen MR) is 115 cm³/mol. The largest absolute Gasteiger partial charge is 0.508 e. The molecule has 0 aliphatic carbocycles. The number of oxazole rings is 1. The van der Waals surface area contributed by atoms with Crippen LogP contribution in [0.25, 0.3) is 22.0 Å². The van der Waals surface area contributed by atoms with Crippen LogP contribution < -0.4 is 11.1 Å². The third kappa shape index (κ3) is 4.50. The Labute approximate surface area is 177 Å². The van der Waals surface area contributed by atoms with Gasteiger partial charge in [0, 0.05) is 36.2 Å². The van der Waals surface area contributed by atoms with Gasteiger partial charge in [0.25, 0.3) is 0 Å². The van der Waals surface area contributed by atoms with Crippen LogP contribution in [-0.4, -0.2) is 32.2 Å². The summed E-state index contributed by atoms with van der Waals surface area (Å²) < 4.78 is 11.9. The molecule has 9 heteroatoms. The minimum atomic E-state index is -0.461. The summed E-state index contributed by atoms with van der Waals surface area (Å²) in [5, 5.41) is 13.6. The molecule has 0 saturated heterocycles. The van der Waals surface area contributed by atoms with Gasteiger partial charge in [-0.3, -0.25) is 9.36 Å². The molecule has 0 unspecified atom stereocenters. The molecule has 2 aromatic carbocycles. The number of nitrogens with zero attached hydrogens (tertiary/aromatic N) is 3. The first kappa shape index (κ1) is 20.4. The summed E-state index contributed by atoms with van der Waals surface area (Å²) in [7, 11) is 0. The molecular weight excluding hydrogens is 400 g/mol. The quantitative estimate of drug-likeness (QED) is 0.326. The number of ether oxygens (including phenoxy) is 1. The summed E-state index contributed by atoms with van der Waals surface area (Å²) in [6.07, 6.45) is 2.97. The van der Waals surface area contributed by atoms with Gasteiger partial charge >= 0.3 is 11.7 Å². The van der Waals surface area contributed by atoms with Gasteiger partial charge in [0.05, 0.1) is 17.6 Å². The van der Waals surface area contributed by atoms with E-state index in [-0.39, 0.29) is 11.7 Å². The standard InChI is InChI=1S/C22H22N4O5/c1-2-30-20(28)8-3-4-9-26-18-11-16-17(12-19(18)31-22(26)29)23-13-24-21(16)25-14-6-5-7-15(27)10-14/h5-7,10-13,27H,2-4,8-9H2,1H3,(H,23,24,25). The van der Waals surface area contributed by atoms with Crippen molar-refractivity contribution in [2.45, 2.75) is 32.7 Å². The summed E-state index contributed by atoms with van der Waals surface area (Å²) >= 11 is 0. The third-order valence-electron chi connectivity index (χ3n) is 4.85. The van der Waals surface area contributed by atoms with Crippen molar-refractivity contribution in [3.8, 4) is 5.75 Å². The first-order valence-electron chi connectivity index (χ1n) is 10.0. The molecule has 0 aliphatic heterocycles. The molecular formula is C22H22N4O5. The lowest BCUT2D eigenvalue weighted by Crippen LogP contribution is -2.14. The van der Waals surface area contributed by atoms with E-state index in [9.17, 15) is 14.7 Å². The summed E-state index contributed by atoms with van der Waals surface area (Å²) in [5.41, 5.74) is 2.35. The van der Waals surface area contributed by atoms with Crippen molar-refractivity contribution < 1.29 is 19.1 Å². The molecule has 0 radical (unpaired) electrons. The molecule has 9 nitrogen and oxygen atoms in total. The number of aryl methyl sites for hydroxylation is 1. The first-order chi connectivity index (χ1) is 15.0. The van der Waals surface area contributed by atoms with Crippen LogP contribution in [0.15, 0.2) is 51.9 Å². The van der Waals surface area contributed by atoms with Gasteiger partial charge in [0.2, 0.25) is 0 Å². The van der Waals surface area contributed by atoms with Gasteiger partial charge in [0.1, 0.15) is 17.9 Å². The molecule has 2 N–H and O–H groups in total. The number of carbonyl (C=O) groups is 1. The lowest BCUT2D eigenvalue weighted by atomic mass is 10.2. The summed E-state index contributed by atoms with van der Waals surface area (Å²) in [4.78, 5) is 32.5. The molecule has 4 rings (SSSR count). The number of phenolic OH excluding ortho intramolecular Hbond substituents is 1. The summed E-state index contributed by atoms with van der Waals surface area (Å²) in [5.74, 6) is -0.0214. The second-order valence-electron chi connectivity index (χ2n) is 7.02. The average molecular weight is 422 g/mol. The van der Waals surface area contributed by atoms with Crippen molar-refractivity contribution in [3.63, 3.8) is 0 Å². The van der Waals surface area contributed by atoms with Gasteiger partial charge in [-0.25, -0.2) is 14.8 Å². The number of benzene rings is 2. The van der Waals surface area contributed by atoms with E-state index in [1.54, 1.807) is 35.8 Å². The van der Waals surface area contributed by atoms with Crippen molar-refractivity contribution in [1.82, 2.24) is 14.5 Å². The van der Waals surface area contributed by atoms with Crippen LogP contribution in [0.3, 0.4) is 0 Å². The van der Waals surface area contributed by atoms with Gasteiger partial charge in [-0.15, -0.1) is 0 Å². The number of anilines is 2. The number of fused-ring (bicyclic) bond motifs is 2. The van der Waals surface area contributed by atoms with E-state index in [2.05, 4.69) is 15.3 Å². The molecule has 0 aliphatic rings. The second-order valence-corrected chi connectivity index (χ2v) is 7.02. The number of aromatic nitrogens is 3. The highest BCUT2D eigenvalue weighted by Gasteiger charge is 2.14. The number of carbonyl (C=O) groups excluding carboxylic acids is 1. The Morgan fingerprint density at radius 3 is 2.90 bits per heavy atom. The highest BCUT2D eigenvalue weighted by molar-refractivity contribution is 5.98. The first-order valence-corrected chi connectivity index (χ1v) is 10.0. The fraction of sp³-hybridized carbons (Fsp3) is 0.273. The predicted octanol–water partition coefficient (Wildman–Crippen LogP) is 3.72. The highest BCUT2D eigenvalue weighted by atomic mass is 16.5. The molecule has 160 valence electrons. The maximum atomic E-state index is 12.4. The lowest BCUT2D eigenvalue weighted by molar-refractivity contribution is -0.143. The second kappa shape index (κ2) is 8.86. The third-order valence-corrected chi connectivity index (χ3v) is 4.85. The van der Waals surface area contributed by atoms with Crippen LogP contribution in [0.2, 0.25) is 0 Å². The number of hydrogen-bond donors (Lipinski definition) is 2. The minimum absolute atomic E-state index is 0.136. The van der Waals surface area contributed by atoms with Crippen LogP contribution >= 0.6 is 0 Å². The fourth-order valence-electron chi connectivity index (χ4n) is 3.42.